The molecule has 1 fully saturated rings. The Hall–Kier alpha value is -1.22. The van der Waals surface area contributed by atoms with Crippen molar-refractivity contribution in [2.45, 2.75) is 25.9 Å². The van der Waals surface area contributed by atoms with Gasteiger partial charge in [0.05, 0.1) is 5.69 Å². The SMILES string of the molecule is Cc1cccc(N)c1OC1CCN(C)CC1. The normalized spacial score (nSPS) is 18.6. The number of ether oxygens (including phenoxy) is 1. The van der Waals surface area contributed by atoms with Crippen molar-refractivity contribution in [3.05, 3.63) is 23.8 Å². The van der Waals surface area contributed by atoms with Gasteiger partial charge in [-0.25, -0.2) is 0 Å². The van der Waals surface area contributed by atoms with E-state index >= 15 is 0 Å². The van der Waals surface area contributed by atoms with Crippen LogP contribution in [0.1, 0.15) is 18.4 Å². The topological polar surface area (TPSA) is 38.5 Å². The quantitative estimate of drug-likeness (QED) is 0.775. The Balaban J connectivity index is 2.04. The van der Waals surface area contributed by atoms with Gasteiger partial charge in [0.15, 0.2) is 0 Å². The monoisotopic (exact) mass is 220 g/mol. The van der Waals surface area contributed by atoms with Crippen LogP contribution in [0.4, 0.5) is 5.69 Å². The molecule has 2 N–H and O–H groups in total. The van der Waals surface area contributed by atoms with Gasteiger partial charge < -0.3 is 15.4 Å². The highest BCUT2D eigenvalue weighted by Crippen LogP contribution is 2.28. The van der Waals surface area contributed by atoms with Crippen LogP contribution in [-0.2, 0) is 0 Å². The lowest BCUT2D eigenvalue weighted by molar-refractivity contribution is 0.114. The number of rotatable bonds is 2. The van der Waals surface area contributed by atoms with Crippen molar-refractivity contribution in [1.29, 1.82) is 0 Å². The molecule has 1 aromatic carbocycles. The highest BCUT2D eigenvalue weighted by Gasteiger charge is 2.19. The molecular weight excluding hydrogens is 200 g/mol. The van der Waals surface area contributed by atoms with E-state index in [-0.39, 0.29) is 0 Å². The molecule has 0 aromatic heterocycles. The second-order valence-corrected chi connectivity index (χ2v) is 4.61. The molecule has 0 spiro atoms. The van der Waals surface area contributed by atoms with E-state index in [1.54, 1.807) is 0 Å². The van der Waals surface area contributed by atoms with Gasteiger partial charge in [-0.3, -0.25) is 0 Å². The zero-order valence-corrected chi connectivity index (χ0v) is 10.1. The lowest BCUT2D eigenvalue weighted by Gasteiger charge is -2.30. The first kappa shape index (κ1) is 11.3. The minimum absolute atomic E-state index is 0.319. The second-order valence-electron chi connectivity index (χ2n) is 4.61. The number of anilines is 1. The van der Waals surface area contributed by atoms with Gasteiger partial charge in [0, 0.05) is 13.1 Å². The molecule has 1 heterocycles. The first-order chi connectivity index (χ1) is 7.66. The molecule has 88 valence electrons. The highest BCUT2D eigenvalue weighted by molar-refractivity contribution is 5.56. The Kier molecular flexibility index (Phi) is 3.34. The van der Waals surface area contributed by atoms with Crippen LogP contribution < -0.4 is 10.5 Å². The summed E-state index contributed by atoms with van der Waals surface area (Å²) < 4.78 is 6.01. The van der Waals surface area contributed by atoms with E-state index in [4.69, 9.17) is 10.5 Å². The van der Waals surface area contributed by atoms with Gasteiger partial charge in [-0.15, -0.1) is 0 Å². The summed E-state index contributed by atoms with van der Waals surface area (Å²) in [5.41, 5.74) is 7.80. The minimum Gasteiger partial charge on any atom is -0.488 e. The van der Waals surface area contributed by atoms with Crippen molar-refractivity contribution in [2.24, 2.45) is 0 Å². The molecule has 1 saturated heterocycles. The fourth-order valence-corrected chi connectivity index (χ4v) is 2.11. The number of hydrogen-bond donors (Lipinski definition) is 1. The summed E-state index contributed by atoms with van der Waals surface area (Å²) >= 11 is 0. The molecule has 0 amide bonds. The molecule has 0 radical (unpaired) electrons. The van der Waals surface area contributed by atoms with Crippen LogP contribution in [0.2, 0.25) is 0 Å². The number of likely N-dealkylation sites (tertiary alicyclic amines) is 1. The molecule has 1 aromatic rings. The molecule has 0 bridgehead atoms. The molecule has 0 atom stereocenters. The number of nitrogens with zero attached hydrogens (tertiary/aromatic N) is 1. The van der Waals surface area contributed by atoms with Gasteiger partial charge >= 0.3 is 0 Å². The average molecular weight is 220 g/mol. The van der Waals surface area contributed by atoms with E-state index in [9.17, 15) is 0 Å². The van der Waals surface area contributed by atoms with E-state index in [2.05, 4.69) is 11.9 Å². The lowest BCUT2D eigenvalue weighted by atomic mass is 10.1. The summed E-state index contributed by atoms with van der Waals surface area (Å²) in [4.78, 5) is 2.33. The number of piperidine rings is 1. The van der Waals surface area contributed by atoms with E-state index in [1.807, 2.05) is 25.1 Å². The Morgan fingerprint density at radius 2 is 2.00 bits per heavy atom. The van der Waals surface area contributed by atoms with Gasteiger partial charge in [0.1, 0.15) is 11.9 Å². The van der Waals surface area contributed by atoms with E-state index in [0.717, 1.165) is 42.9 Å². The molecule has 1 aliphatic heterocycles. The van der Waals surface area contributed by atoms with Gasteiger partial charge in [0.25, 0.3) is 0 Å². The summed E-state index contributed by atoms with van der Waals surface area (Å²) in [6.45, 7) is 4.26. The van der Waals surface area contributed by atoms with E-state index in [0.29, 0.717) is 6.10 Å². The van der Waals surface area contributed by atoms with Crippen LogP contribution in [0.15, 0.2) is 18.2 Å². The van der Waals surface area contributed by atoms with Gasteiger partial charge in [0.2, 0.25) is 0 Å². The molecule has 0 aliphatic carbocycles. The molecule has 3 heteroatoms. The number of nitrogens with two attached hydrogens (primary N) is 1. The van der Waals surface area contributed by atoms with Crippen molar-refractivity contribution in [3.63, 3.8) is 0 Å². The van der Waals surface area contributed by atoms with Crippen molar-refractivity contribution in [2.75, 3.05) is 25.9 Å². The van der Waals surface area contributed by atoms with E-state index in [1.165, 1.54) is 0 Å². The fourth-order valence-electron chi connectivity index (χ4n) is 2.11. The maximum absolute atomic E-state index is 6.01. The summed E-state index contributed by atoms with van der Waals surface area (Å²) in [5, 5.41) is 0. The summed E-state index contributed by atoms with van der Waals surface area (Å²) in [6.07, 6.45) is 2.49. The summed E-state index contributed by atoms with van der Waals surface area (Å²) in [6, 6.07) is 5.91. The Labute approximate surface area is 97.2 Å². The van der Waals surface area contributed by atoms with Crippen LogP contribution in [0.25, 0.3) is 0 Å². The fraction of sp³-hybridized carbons (Fsp3) is 0.538. The third kappa shape index (κ3) is 2.47. The Morgan fingerprint density at radius 1 is 1.31 bits per heavy atom. The Morgan fingerprint density at radius 3 is 2.62 bits per heavy atom. The van der Waals surface area contributed by atoms with Crippen molar-refractivity contribution >= 4 is 5.69 Å². The van der Waals surface area contributed by atoms with Crippen LogP contribution in [0.5, 0.6) is 5.75 Å². The number of nitrogen functional groups attached to an aromatic ring is 1. The van der Waals surface area contributed by atoms with Crippen LogP contribution in [-0.4, -0.2) is 31.1 Å². The van der Waals surface area contributed by atoms with Crippen molar-refractivity contribution in [3.8, 4) is 5.75 Å². The zero-order valence-electron chi connectivity index (χ0n) is 10.1. The largest absolute Gasteiger partial charge is 0.488 e. The average Bonchev–Trinajstić information content (AvgIpc) is 2.26. The third-order valence-corrected chi connectivity index (χ3v) is 3.19. The summed E-state index contributed by atoms with van der Waals surface area (Å²) in [7, 11) is 2.15. The minimum atomic E-state index is 0.319. The molecule has 0 saturated carbocycles. The van der Waals surface area contributed by atoms with Crippen LogP contribution in [0, 0.1) is 6.92 Å². The molecule has 0 unspecified atom stereocenters. The van der Waals surface area contributed by atoms with Gasteiger partial charge in [-0.2, -0.15) is 0 Å². The van der Waals surface area contributed by atoms with Gasteiger partial charge in [-0.1, -0.05) is 12.1 Å². The third-order valence-electron chi connectivity index (χ3n) is 3.19. The predicted octanol–water partition coefficient (Wildman–Crippen LogP) is 2.05. The number of para-hydroxylation sites is 1. The first-order valence-corrected chi connectivity index (χ1v) is 5.87. The zero-order chi connectivity index (χ0) is 11.5. The molecule has 3 nitrogen and oxygen atoms in total. The standard InChI is InChI=1S/C13H20N2O/c1-10-4-3-5-12(14)13(10)16-11-6-8-15(2)9-7-11/h3-5,11H,6-9,14H2,1-2H3. The smallest absolute Gasteiger partial charge is 0.145 e. The molecule has 1 aliphatic rings. The van der Waals surface area contributed by atoms with Crippen LogP contribution >= 0.6 is 0 Å². The van der Waals surface area contributed by atoms with E-state index < -0.39 is 0 Å². The maximum Gasteiger partial charge on any atom is 0.145 e. The Bertz CT molecular complexity index is 337. The predicted molar refractivity (Wildman–Crippen MR) is 66.7 cm³/mol. The number of hydrogen-bond acceptors (Lipinski definition) is 3. The summed E-state index contributed by atoms with van der Waals surface area (Å²) in [5.74, 6) is 0.872. The first-order valence-electron chi connectivity index (χ1n) is 5.87. The molecule has 2 rings (SSSR count). The van der Waals surface area contributed by atoms with Crippen LogP contribution in [0.3, 0.4) is 0 Å². The van der Waals surface area contributed by atoms with Crippen molar-refractivity contribution < 1.29 is 4.74 Å². The molecular formula is C13H20N2O. The van der Waals surface area contributed by atoms with Gasteiger partial charge in [-0.05, 0) is 38.4 Å². The lowest BCUT2D eigenvalue weighted by Crippen LogP contribution is -2.35. The highest BCUT2D eigenvalue weighted by atomic mass is 16.5. The molecule has 16 heavy (non-hydrogen) atoms. The van der Waals surface area contributed by atoms with Crippen molar-refractivity contribution in [1.82, 2.24) is 4.90 Å². The maximum atomic E-state index is 6.01. The number of aryl methyl sites for hydroxylation is 1. The second kappa shape index (κ2) is 4.74. The number of benzene rings is 1.